The van der Waals surface area contributed by atoms with Crippen LogP contribution in [0.3, 0.4) is 0 Å². The molecule has 0 radical (unpaired) electrons. The zero-order valence-electron chi connectivity index (χ0n) is 12.4. The molecule has 0 unspecified atom stereocenters. The van der Waals surface area contributed by atoms with Crippen LogP contribution in [-0.4, -0.2) is 30.8 Å². The van der Waals surface area contributed by atoms with Gasteiger partial charge >= 0.3 is 0 Å². The maximum atomic E-state index is 12.3. The number of hydrogen-bond acceptors (Lipinski definition) is 5. The molecule has 0 saturated heterocycles. The second kappa shape index (κ2) is 6.27. The van der Waals surface area contributed by atoms with Crippen molar-refractivity contribution in [2.24, 2.45) is 0 Å². The lowest BCUT2D eigenvalue weighted by atomic mass is 10.1. The van der Waals surface area contributed by atoms with E-state index in [4.69, 9.17) is 0 Å². The summed E-state index contributed by atoms with van der Waals surface area (Å²) in [5, 5.41) is 16.8. The molecule has 2 N–H and O–H groups in total. The lowest BCUT2D eigenvalue weighted by Gasteiger charge is -2.14. The molecular formula is C16H15N5O2. The van der Waals surface area contributed by atoms with Crippen molar-refractivity contribution in [3.8, 4) is 11.8 Å². The van der Waals surface area contributed by atoms with E-state index >= 15 is 0 Å². The van der Waals surface area contributed by atoms with Gasteiger partial charge in [-0.25, -0.2) is 9.67 Å². The molecule has 0 bridgehead atoms. The lowest BCUT2D eigenvalue weighted by Crippen LogP contribution is -2.27. The second-order valence-corrected chi connectivity index (χ2v) is 4.96. The molecule has 3 aromatic rings. The third-order valence-electron chi connectivity index (χ3n) is 3.36. The molecule has 0 saturated carbocycles. The molecule has 23 heavy (non-hydrogen) atoms. The summed E-state index contributed by atoms with van der Waals surface area (Å²) in [5.41, 5.74) is 0.984. The van der Waals surface area contributed by atoms with E-state index in [0.29, 0.717) is 0 Å². The minimum absolute atomic E-state index is 0.0173. The maximum absolute atomic E-state index is 12.3. The highest BCUT2D eigenvalue weighted by atomic mass is 16.3. The predicted molar refractivity (Wildman–Crippen MR) is 83.1 cm³/mol. The average Bonchev–Trinajstić information content (AvgIpc) is 3.10. The fourth-order valence-corrected chi connectivity index (χ4v) is 2.12. The van der Waals surface area contributed by atoms with E-state index in [1.807, 2.05) is 37.3 Å². The number of aromatic hydroxyl groups is 1. The maximum Gasteiger partial charge on any atom is 0.258 e. The minimum Gasteiger partial charge on any atom is -0.493 e. The van der Waals surface area contributed by atoms with Crippen molar-refractivity contribution >= 4 is 5.91 Å². The van der Waals surface area contributed by atoms with Gasteiger partial charge in [0.15, 0.2) is 0 Å². The molecular weight excluding hydrogens is 294 g/mol. The van der Waals surface area contributed by atoms with E-state index in [2.05, 4.69) is 20.4 Å². The van der Waals surface area contributed by atoms with Gasteiger partial charge in [0.05, 0.1) is 6.04 Å². The van der Waals surface area contributed by atoms with E-state index < -0.39 is 5.91 Å². The minimum atomic E-state index is -0.439. The molecule has 1 amide bonds. The van der Waals surface area contributed by atoms with Crippen LogP contribution in [0.15, 0.2) is 55.0 Å². The van der Waals surface area contributed by atoms with Gasteiger partial charge in [-0.3, -0.25) is 4.79 Å². The first kappa shape index (κ1) is 14.7. The number of nitrogens with one attached hydrogen (secondary N) is 1. The molecule has 0 spiro atoms. The van der Waals surface area contributed by atoms with Gasteiger partial charge in [-0.2, -0.15) is 10.1 Å². The lowest BCUT2D eigenvalue weighted by molar-refractivity contribution is 0.0936. The zero-order chi connectivity index (χ0) is 16.2. The number of carbonyl (C=O) groups excluding carboxylic acids is 1. The summed E-state index contributed by atoms with van der Waals surface area (Å²) in [5.74, 6) is -0.630. The first-order chi connectivity index (χ1) is 11.1. The molecule has 7 nitrogen and oxygen atoms in total. The Morgan fingerprint density at radius 3 is 2.70 bits per heavy atom. The standard InChI is InChI=1S/C16H15N5O2/c1-11(12-6-3-2-4-7-12)19-14(22)13-10-17-16(20-15(13)23)21-9-5-8-18-21/h2-11H,1H3,(H,19,22)(H,17,20,23)/t11-/m1/s1. The van der Waals surface area contributed by atoms with Gasteiger partial charge in [0.1, 0.15) is 5.56 Å². The summed E-state index contributed by atoms with van der Waals surface area (Å²) >= 11 is 0. The number of rotatable bonds is 4. The Balaban J connectivity index is 1.77. The Labute approximate surface area is 132 Å². The number of carbonyl (C=O) groups is 1. The van der Waals surface area contributed by atoms with Crippen molar-refractivity contribution in [1.82, 2.24) is 25.1 Å². The third kappa shape index (κ3) is 3.18. The predicted octanol–water partition coefficient (Wildman–Crippen LogP) is 1.86. The fraction of sp³-hybridized carbons (Fsp3) is 0.125. The number of aromatic nitrogens is 4. The molecule has 2 heterocycles. The number of amides is 1. The van der Waals surface area contributed by atoms with E-state index in [9.17, 15) is 9.90 Å². The van der Waals surface area contributed by atoms with E-state index in [0.717, 1.165) is 5.56 Å². The molecule has 2 aromatic heterocycles. The molecule has 1 aromatic carbocycles. The van der Waals surface area contributed by atoms with Crippen molar-refractivity contribution in [3.05, 3.63) is 66.1 Å². The van der Waals surface area contributed by atoms with Gasteiger partial charge in [-0.15, -0.1) is 0 Å². The molecule has 0 aliphatic heterocycles. The summed E-state index contributed by atoms with van der Waals surface area (Å²) in [6.07, 6.45) is 4.50. The Kier molecular flexibility index (Phi) is 4.01. The van der Waals surface area contributed by atoms with E-state index in [-0.39, 0.29) is 23.4 Å². The molecule has 116 valence electrons. The first-order valence-corrected chi connectivity index (χ1v) is 7.07. The molecule has 0 fully saturated rings. The van der Waals surface area contributed by atoms with Crippen LogP contribution in [0.4, 0.5) is 0 Å². The van der Waals surface area contributed by atoms with Crippen LogP contribution >= 0.6 is 0 Å². The Morgan fingerprint density at radius 1 is 1.26 bits per heavy atom. The fourth-order valence-electron chi connectivity index (χ4n) is 2.12. The van der Waals surface area contributed by atoms with Crippen molar-refractivity contribution in [2.45, 2.75) is 13.0 Å². The largest absolute Gasteiger partial charge is 0.493 e. The highest BCUT2D eigenvalue weighted by Crippen LogP contribution is 2.17. The molecule has 0 aliphatic carbocycles. The highest BCUT2D eigenvalue weighted by molar-refractivity contribution is 5.96. The Bertz CT molecular complexity index is 803. The average molecular weight is 309 g/mol. The molecule has 1 atom stereocenters. The van der Waals surface area contributed by atoms with Crippen LogP contribution < -0.4 is 5.32 Å². The van der Waals surface area contributed by atoms with Gasteiger partial charge in [-0.1, -0.05) is 30.3 Å². The van der Waals surface area contributed by atoms with Crippen LogP contribution in [0, 0.1) is 0 Å². The molecule has 7 heteroatoms. The summed E-state index contributed by atoms with van der Waals surface area (Å²) in [6.45, 7) is 1.86. The highest BCUT2D eigenvalue weighted by Gasteiger charge is 2.17. The Morgan fingerprint density at radius 2 is 2.04 bits per heavy atom. The van der Waals surface area contributed by atoms with Crippen molar-refractivity contribution in [1.29, 1.82) is 0 Å². The molecule has 0 aliphatic rings. The summed E-state index contributed by atoms with van der Waals surface area (Å²) in [7, 11) is 0. The zero-order valence-corrected chi connectivity index (χ0v) is 12.4. The van der Waals surface area contributed by atoms with Gasteiger partial charge in [0, 0.05) is 18.6 Å². The number of benzene rings is 1. The summed E-state index contributed by atoms with van der Waals surface area (Å²) in [6, 6.07) is 11.1. The topological polar surface area (TPSA) is 92.9 Å². The van der Waals surface area contributed by atoms with E-state index in [1.54, 1.807) is 18.5 Å². The first-order valence-electron chi connectivity index (χ1n) is 7.07. The second-order valence-electron chi connectivity index (χ2n) is 4.96. The van der Waals surface area contributed by atoms with Crippen molar-refractivity contribution in [2.75, 3.05) is 0 Å². The van der Waals surface area contributed by atoms with Crippen LogP contribution in [0.5, 0.6) is 5.88 Å². The van der Waals surface area contributed by atoms with Crippen LogP contribution in [0.2, 0.25) is 0 Å². The van der Waals surface area contributed by atoms with Gasteiger partial charge in [0.2, 0.25) is 5.88 Å². The molecule has 3 rings (SSSR count). The van der Waals surface area contributed by atoms with Gasteiger partial charge in [-0.05, 0) is 18.6 Å². The van der Waals surface area contributed by atoms with Crippen molar-refractivity contribution in [3.63, 3.8) is 0 Å². The SMILES string of the molecule is C[C@@H](NC(=O)c1cnc(-n2cccn2)nc1O)c1ccccc1. The number of nitrogens with zero attached hydrogens (tertiary/aromatic N) is 4. The Hall–Kier alpha value is -3.22. The van der Waals surface area contributed by atoms with Crippen LogP contribution in [0.1, 0.15) is 28.9 Å². The smallest absolute Gasteiger partial charge is 0.258 e. The summed E-state index contributed by atoms with van der Waals surface area (Å²) in [4.78, 5) is 20.2. The number of hydrogen-bond donors (Lipinski definition) is 2. The quantitative estimate of drug-likeness (QED) is 0.767. The monoisotopic (exact) mass is 309 g/mol. The van der Waals surface area contributed by atoms with Crippen molar-refractivity contribution < 1.29 is 9.90 Å². The van der Waals surface area contributed by atoms with Gasteiger partial charge in [0.25, 0.3) is 11.9 Å². The normalized spacial score (nSPS) is 11.9. The van der Waals surface area contributed by atoms with Crippen LogP contribution in [0.25, 0.3) is 5.95 Å². The third-order valence-corrected chi connectivity index (χ3v) is 3.36. The summed E-state index contributed by atoms with van der Waals surface area (Å²) < 4.78 is 1.40. The van der Waals surface area contributed by atoms with Gasteiger partial charge < -0.3 is 10.4 Å². The van der Waals surface area contributed by atoms with Crippen LogP contribution in [-0.2, 0) is 0 Å². The van der Waals surface area contributed by atoms with E-state index in [1.165, 1.54) is 10.9 Å².